The first kappa shape index (κ1) is 54.3. The number of allylic oxidation sites excluding steroid dienone is 4. The number of benzene rings is 1. The average Bonchev–Trinajstić information content (AvgIpc) is 3.04. The molecule has 0 saturated heterocycles. The molecule has 2 fully saturated rings. The van der Waals surface area contributed by atoms with Crippen LogP contribution in [-0.4, -0.2) is 6.21 Å². The highest BCUT2D eigenvalue weighted by atomic mass is 14.7. The number of hydrogen-bond acceptors (Lipinski definition) is 1. The highest BCUT2D eigenvalue weighted by Crippen LogP contribution is 2.60. The largest absolute Gasteiger partial charge is 0.262 e. The number of aliphatic imine (C=N–C) groups is 1. The van der Waals surface area contributed by atoms with Crippen molar-refractivity contribution in [2.45, 2.75) is 188 Å². The minimum atomic E-state index is 0.808. The van der Waals surface area contributed by atoms with Crippen LogP contribution in [0.5, 0.6) is 0 Å². The highest BCUT2D eigenvalue weighted by molar-refractivity contribution is 6.12. The van der Waals surface area contributed by atoms with Gasteiger partial charge in [0.2, 0.25) is 0 Å². The summed E-state index contributed by atoms with van der Waals surface area (Å²) < 4.78 is 0. The molecule has 1 aromatic carbocycles. The lowest BCUT2D eigenvalue weighted by molar-refractivity contribution is -0.0549. The zero-order valence-electron chi connectivity index (χ0n) is 35.5. The lowest BCUT2D eigenvalue weighted by Crippen LogP contribution is -2.45. The second-order valence-corrected chi connectivity index (χ2v) is 13.1. The molecule has 47 heavy (non-hydrogen) atoms. The number of hydrogen-bond donors (Lipinski definition) is 0. The molecule has 0 aliphatic heterocycles. The molecule has 2 aliphatic carbocycles. The van der Waals surface area contributed by atoms with Gasteiger partial charge >= 0.3 is 0 Å². The molecule has 0 unspecified atom stereocenters. The first-order valence-corrected chi connectivity index (χ1v) is 19.4. The first-order valence-electron chi connectivity index (χ1n) is 19.4. The third-order valence-corrected chi connectivity index (χ3v) is 7.71. The molecule has 2 aliphatic rings. The summed E-state index contributed by atoms with van der Waals surface area (Å²) in [5.41, 5.74) is 8.75. The second kappa shape index (κ2) is 36.7. The third-order valence-electron chi connectivity index (χ3n) is 7.71. The zero-order chi connectivity index (χ0) is 38.0. The lowest BCUT2D eigenvalue weighted by Gasteiger charge is -2.56. The van der Waals surface area contributed by atoms with Crippen molar-refractivity contribution in [1.82, 2.24) is 0 Å². The van der Waals surface area contributed by atoms with Crippen molar-refractivity contribution in [2.75, 3.05) is 0 Å². The molecule has 276 valence electrons. The van der Waals surface area contributed by atoms with Crippen LogP contribution in [0.3, 0.4) is 0 Å². The Labute approximate surface area is 299 Å². The predicted octanol–water partition coefficient (Wildman–Crippen LogP) is 16.9. The van der Waals surface area contributed by atoms with Crippen molar-refractivity contribution in [3.63, 3.8) is 0 Å². The maximum atomic E-state index is 4.34. The summed E-state index contributed by atoms with van der Waals surface area (Å²) in [6.07, 6.45) is 17.4. The predicted molar refractivity (Wildman–Crippen MR) is 227 cm³/mol. The molecule has 1 heteroatoms. The number of nitrogens with zero attached hydrogens (tertiary/aromatic N) is 1. The van der Waals surface area contributed by atoms with E-state index in [1.54, 1.807) is 0 Å². The molecule has 0 N–H and O–H groups in total. The fourth-order valence-electron chi connectivity index (χ4n) is 5.41. The van der Waals surface area contributed by atoms with E-state index in [0.717, 1.165) is 34.1 Å². The van der Waals surface area contributed by atoms with E-state index in [0.29, 0.717) is 0 Å². The van der Waals surface area contributed by atoms with Crippen molar-refractivity contribution in [3.05, 3.63) is 72.5 Å². The Morgan fingerprint density at radius 1 is 0.702 bits per heavy atom. The van der Waals surface area contributed by atoms with Crippen molar-refractivity contribution in [1.29, 1.82) is 0 Å². The van der Waals surface area contributed by atoms with Gasteiger partial charge in [-0.05, 0) is 94.3 Å². The molecule has 0 heterocycles. The average molecular weight is 654 g/mol. The minimum absolute atomic E-state index is 0.808. The Bertz CT molecular complexity index is 883. The van der Waals surface area contributed by atoms with Crippen LogP contribution in [0, 0.1) is 24.2 Å². The zero-order valence-corrected chi connectivity index (χ0v) is 35.5. The van der Waals surface area contributed by atoms with E-state index in [4.69, 9.17) is 0 Å². The van der Waals surface area contributed by atoms with Gasteiger partial charge in [0.05, 0.1) is 0 Å². The van der Waals surface area contributed by atoms with Gasteiger partial charge in [-0.3, -0.25) is 4.99 Å². The Kier molecular flexibility index (Phi) is 42.4. The van der Waals surface area contributed by atoms with E-state index < -0.39 is 0 Å². The summed E-state index contributed by atoms with van der Waals surface area (Å²) >= 11 is 0. The molecule has 1 spiro atoms. The molecule has 0 atom stereocenters. The van der Waals surface area contributed by atoms with Gasteiger partial charge < -0.3 is 0 Å². The standard InChI is InChI=1S/C18H23N.C9H16.C5H12.2C4H10.2C2H6.C2H4/c1-12(2)17-10-15(7)8-9-16(17)18(13(3)4)11-19-14(5)6;1-7-3-9(4-7)5-8(2)6-9;1-3-5-4-2;2*1-3-4-2;3*1-2/h8-11H,1,5H2,2-4,6-7H3;7-8H,3-6H2,1-2H3;3-5H2,1-2H3;2*3-4H2,1-2H3;2*1-2H3;1-2H2. The number of rotatable bonds is 8. The van der Waals surface area contributed by atoms with Gasteiger partial charge in [-0.1, -0.05) is 176 Å². The van der Waals surface area contributed by atoms with E-state index in [1.807, 2.05) is 47.8 Å². The summed E-state index contributed by atoms with van der Waals surface area (Å²) in [5, 5.41) is 0. The molecule has 1 nitrogen and oxygen atoms in total. The van der Waals surface area contributed by atoms with Crippen LogP contribution in [0.4, 0.5) is 0 Å². The summed E-state index contributed by atoms with van der Waals surface area (Å²) in [5.74, 6) is 2.11. The van der Waals surface area contributed by atoms with Crippen LogP contribution < -0.4 is 0 Å². The molecule has 0 amide bonds. The van der Waals surface area contributed by atoms with Crippen LogP contribution in [-0.2, 0) is 0 Å². The Morgan fingerprint density at radius 2 is 1.09 bits per heavy atom. The van der Waals surface area contributed by atoms with Crippen molar-refractivity contribution < 1.29 is 0 Å². The summed E-state index contributed by atoms with van der Waals surface area (Å²) in [7, 11) is 0. The second-order valence-electron chi connectivity index (χ2n) is 13.1. The smallest absolute Gasteiger partial charge is 0.0348 e. The van der Waals surface area contributed by atoms with Gasteiger partial charge in [-0.15, -0.1) is 13.2 Å². The molecule has 0 bridgehead atoms. The lowest BCUT2D eigenvalue weighted by atomic mass is 9.49. The summed E-state index contributed by atoms with van der Waals surface area (Å²) in [6.45, 7) is 50.0. The van der Waals surface area contributed by atoms with Crippen molar-refractivity contribution in [2.24, 2.45) is 22.2 Å². The van der Waals surface area contributed by atoms with E-state index >= 15 is 0 Å². The molecule has 0 radical (unpaired) electrons. The Hall–Kier alpha value is -2.15. The maximum Gasteiger partial charge on any atom is 0.0348 e. The highest BCUT2D eigenvalue weighted by Gasteiger charge is 2.49. The first-order chi connectivity index (χ1) is 22.3. The van der Waals surface area contributed by atoms with Gasteiger partial charge in [0, 0.05) is 11.9 Å². The summed E-state index contributed by atoms with van der Waals surface area (Å²) in [6, 6.07) is 6.45. The molecule has 2 saturated carbocycles. The quantitative estimate of drug-likeness (QED) is 0.195. The number of aryl methyl sites for hydroxylation is 1. The maximum absolute atomic E-state index is 4.34. The Morgan fingerprint density at radius 3 is 1.32 bits per heavy atom. The van der Waals surface area contributed by atoms with Crippen LogP contribution >= 0.6 is 0 Å². The molecular weight excluding hydrogens is 567 g/mol. The van der Waals surface area contributed by atoms with E-state index in [2.05, 4.69) is 126 Å². The van der Waals surface area contributed by atoms with Gasteiger partial charge in [-0.25, -0.2) is 0 Å². The molecular formula is C46H87N. The van der Waals surface area contributed by atoms with Gasteiger partial charge in [0.25, 0.3) is 0 Å². The molecule has 1 aromatic rings. The van der Waals surface area contributed by atoms with Crippen molar-refractivity contribution in [3.8, 4) is 0 Å². The van der Waals surface area contributed by atoms with Crippen LogP contribution in [0.2, 0.25) is 0 Å². The van der Waals surface area contributed by atoms with E-state index in [1.165, 1.54) is 92.9 Å². The fraction of sp³-hybridized carbons (Fsp3) is 0.674. The van der Waals surface area contributed by atoms with E-state index in [-0.39, 0.29) is 0 Å². The van der Waals surface area contributed by atoms with Crippen LogP contribution in [0.1, 0.15) is 198 Å². The minimum Gasteiger partial charge on any atom is -0.262 e. The topological polar surface area (TPSA) is 12.4 Å². The van der Waals surface area contributed by atoms with Crippen LogP contribution in [0.25, 0.3) is 11.1 Å². The van der Waals surface area contributed by atoms with Crippen LogP contribution in [0.15, 0.2) is 60.8 Å². The molecule has 0 aromatic heterocycles. The number of unbranched alkanes of at least 4 members (excludes halogenated alkanes) is 4. The van der Waals surface area contributed by atoms with Gasteiger partial charge in [-0.2, -0.15) is 0 Å². The van der Waals surface area contributed by atoms with Gasteiger partial charge in [0.15, 0.2) is 0 Å². The Balaban J connectivity index is -0.000000174. The normalized spacial score (nSPS) is 17.6. The third kappa shape index (κ3) is 28.6. The molecule has 3 rings (SSSR count). The van der Waals surface area contributed by atoms with Crippen molar-refractivity contribution >= 4 is 17.4 Å². The summed E-state index contributed by atoms with van der Waals surface area (Å²) in [4.78, 5) is 4.34. The van der Waals surface area contributed by atoms with Gasteiger partial charge in [0.1, 0.15) is 0 Å². The monoisotopic (exact) mass is 654 g/mol. The SMILES string of the molecule is C=C.C=C(C)N=CC(=C(C)C)c1ccc(C)cc1C(=C)C.CC.CC.CC1CC2(C1)CC(C)C2.CCCC.CCCC.CCCCC. The fourth-order valence-corrected chi connectivity index (χ4v) is 5.41. The van der Waals surface area contributed by atoms with E-state index in [9.17, 15) is 0 Å².